The van der Waals surface area contributed by atoms with Crippen LogP contribution in [0.1, 0.15) is 179 Å². The summed E-state index contributed by atoms with van der Waals surface area (Å²) in [5.41, 5.74) is 0.522. The van der Waals surface area contributed by atoms with Crippen LogP contribution in [0.2, 0.25) is 0 Å². The van der Waals surface area contributed by atoms with E-state index in [9.17, 15) is 15.3 Å². The van der Waals surface area contributed by atoms with Gasteiger partial charge in [-0.3, -0.25) is 14.7 Å². The van der Waals surface area contributed by atoms with Crippen LogP contribution >= 0.6 is 0 Å². The summed E-state index contributed by atoms with van der Waals surface area (Å²) < 4.78 is 0. The van der Waals surface area contributed by atoms with Gasteiger partial charge in [-0.2, -0.15) is 15.0 Å². The fraction of sp³-hybridized carbons (Fsp3) is 0.938. The molecule has 0 aliphatic carbocycles. The molecule has 4 rings (SSSR count). The summed E-state index contributed by atoms with van der Waals surface area (Å²) in [6, 6.07) is 0. The Labute approximate surface area is 367 Å². The minimum atomic E-state index is 0.0870. The van der Waals surface area contributed by atoms with Gasteiger partial charge in [0.1, 0.15) is 0 Å². The van der Waals surface area contributed by atoms with Crippen molar-refractivity contribution in [1.29, 1.82) is 0 Å². The fourth-order valence-electron chi connectivity index (χ4n) is 13.2. The number of anilines is 3. The molecule has 0 bridgehead atoms. The molecule has 0 spiro atoms. The molecule has 0 saturated carbocycles. The van der Waals surface area contributed by atoms with Gasteiger partial charge in [0.05, 0.1) is 19.8 Å². The number of unbranched alkanes of at least 4 members (excludes halogenated alkanes) is 3. The van der Waals surface area contributed by atoms with Gasteiger partial charge in [0, 0.05) is 72.5 Å². The third-order valence-electron chi connectivity index (χ3n) is 14.7. The molecule has 348 valence electrons. The van der Waals surface area contributed by atoms with Gasteiger partial charge in [-0.05, 0) is 159 Å². The zero-order valence-electron chi connectivity index (χ0n) is 40.7. The molecule has 0 atom stereocenters. The van der Waals surface area contributed by atoms with Crippen molar-refractivity contribution in [1.82, 2.24) is 29.7 Å². The Balaban J connectivity index is 1.29. The Hall–Kier alpha value is -1.83. The first-order chi connectivity index (χ1) is 28.0. The summed E-state index contributed by atoms with van der Waals surface area (Å²) in [5, 5.41) is 39.8. The molecule has 1 aromatic rings. The highest BCUT2D eigenvalue weighted by Gasteiger charge is 2.46. The number of hydrogen-bond donors (Lipinski definition) is 6. The van der Waals surface area contributed by atoms with E-state index in [1.54, 1.807) is 0 Å². The van der Waals surface area contributed by atoms with E-state index in [1.165, 1.54) is 57.8 Å². The van der Waals surface area contributed by atoms with Crippen LogP contribution in [-0.4, -0.2) is 137 Å². The van der Waals surface area contributed by atoms with E-state index < -0.39 is 0 Å². The van der Waals surface area contributed by atoms with Crippen LogP contribution in [0.25, 0.3) is 0 Å². The van der Waals surface area contributed by atoms with Crippen molar-refractivity contribution in [3.8, 4) is 0 Å². The molecule has 12 heteroatoms. The van der Waals surface area contributed by atoms with Gasteiger partial charge < -0.3 is 31.3 Å². The fourth-order valence-corrected chi connectivity index (χ4v) is 13.2. The summed E-state index contributed by atoms with van der Waals surface area (Å²) in [5.74, 6) is 3.95. The smallest absolute Gasteiger partial charge is 0.229 e. The van der Waals surface area contributed by atoms with Crippen LogP contribution < -0.4 is 16.0 Å². The number of rotatable bonds is 24. The van der Waals surface area contributed by atoms with E-state index in [4.69, 9.17) is 15.0 Å². The lowest BCUT2D eigenvalue weighted by Crippen LogP contribution is -2.61. The molecule has 12 nitrogen and oxygen atoms in total. The molecule has 3 saturated heterocycles. The predicted octanol–water partition coefficient (Wildman–Crippen LogP) is 8.40. The van der Waals surface area contributed by atoms with Crippen molar-refractivity contribution in [2.24, 2.45) is 17.8 Å². The van der Waals surface area contributed by atoms with Crippen LogP contribution in [0, 0.1) is 17.8 Å². The normalized spacial score (nSPS) is 23.4. The van der Waals surface area contributed by atoms with Crippen molar-refractivity contribution in [2.75, 3.05) is 75.0 Å². The first-order valence-corrected chi connectivity index (χ1v) is 24.2. The van der Waals surface area contributed by atoms with Crippen LogP contribution in [0.5, 0.6) is 0 Å². The van der Waals surface area contributed by atoms with Gasteiger partial charge in [0.25, 0.3) is 0 Å². The maximum atomic E-state index is 9.71. The third kappa shape index (κ3) is 14.3. The van der Waals surface area contributed by atoms with Crippen molar-refractivity contribution in [3.05, 3.63) is 0 Å². The first-order valence-electron chi connectivity index (χ1n) is 24.2. The Morgan fingerprint density at radius 1 is 0.400 bits per heavy atom. The highest BCUT2D eigenvalue weighted by molar-refractivity contribution is 5.42. The van der Waals surface area contributed by atoms with Crippen molar-refractivity contribution in [2.45, 2.75) is 213 Å². The molecular weight excluding hydrogens is 751 g/mol. The number of aliphatic hydroxyl groups is 3. The minimum Gasteiger partial charge on any atom is -0.395 e. The molecule has 0 amide bonds. The quantitative estimate of drug-likeness (QED) is 0.0556. The number of hydrogen-bond acceptors (Lipinski definition) is 12. The van der Waals surface area contributed by atoms with Gasteiger partial charge in [-0.1, -0.05) is 38.5 Å². The SMILES string of the molecule is CC1(C)CC(CCCCNc2nc(NCCCCC3CC(C)(C)N(CCO)C(C)(C)C3)nc(NCCCCC3CC(C)(C)N(CCO)C(C)(C)C3)n2)CC(C)(C)N1CCO. The Morgan fingerprint density at radius 2 is 0.617 bits per heavy atom. The van der Waals surface area contributed by atoms with E-state index in [0.29, 0.717) is 35.6 Å². The Kier molecular flexibility index (Phi) is 18.4. The van der Waals surface area contributed by atoms with Crippen molar-refractivity contribution in [3.63, 3.8) is 0 Å². The summed E-state index contributed by atoms with van der Waals surface area (Å²) in [4.78, 5) is 22.0. The van der Waals surface area contributed by atoms with Gasteiger partial charge in [-0.25, -0.2) is 0 Å². The van der Waals surface area contributed by atoms with Crippen LogP contribution in [0.15, 0.2) is 0 Å². The van der Waals surface area contributed by atoms with Crippen LogP contribution in [0.4, 0.5) is 17.8 Å². The standard InChI is InChI=1S/C48H93N9O3/c1-43(2)31-37(32-44(3,4)55(43)25-28-58)19-13-16-22-49-40-52-41(50-23-17-14-20-38-33-45(5,6)56(26-29-59)46(7,8)34-38)54-42(53-40)51-24-18-15-21-39-35-47(9,10)57(27-30-60)48(11,12)36-39/h37-39,58-60H,13-36H2,1-12H3,(H3,49,50,51,52,53,54). The topological polar surface area (TPSA) is 145 Å². The summed E-state index contributed by atoms with van der Waals surface area (Å²) in [7, 11) is 0. The maximum Gasteiger partial charge on any atom is 0.229 e. The van der Waals surface area contributed by atoms with Gasteiger partial charge >= 0.3 is 0 Å². The lowest BCUT2D eigenvalue weighted by molar-refractivity contribution is -0.0608. The number of nitrogens with zero attached hydrogens (tertiary/aromatic N) is 6. The Morgan fingerprint density at radius 3 is 0.817 bits per heavy atom. The summed E-state index contributed by atoms with van der Waals surface area (Å²) in [6.07, 6.45) is 17.3. The second-order valence-corrected chi connectivity index (χ2v) is 22.9. The molecule has 4 heterocycles. The number of aromatic nitrogens is 3. The second kappa shape index (κ2) is 21.7. The predicted molar refractivity (Wildman–Crippen MR) is 251 cm³/mol. The highest BCUT2D eigenvalue weighted by Crippen LogP contribution is 2.45. The summed E-state index contributed by atoms with van der Waals surface area (Å²) in [6.45, 7) is 33.4. The van der Waals surface area contributed by atoms with Gasteiger partial charge in [0.2, 0.25) is 17.8 Å². The van der Waals surface area contributed by atoms with E-state index in [0.717, 1.165) is 77.8 Å². The zero-order chi connectivity index (χ0) is 44.4. The lowest BCUT2D eigenvalue weighted by atomic mass is 9.72. The molecule has 0 unspecified atom stereocenters. The van der Waals surface area contributed by atoms with E-state index >= 15 is 0 Å². The van der Waals surface area contributed by atoms with Crippen LogP contribution in [-0.2, 0) is 0 Å². The zero-order valence-corrected chi connectivity index (χ0v) is 40.7. The molecular formula is C48H93N9O3. The van der Waals surface area contributed by atoms with E-state index in [1.807, 2.05) is 0 Å². The number of piperidine rings is 3. The maximum absolute atomic E-state index is 9.71. The number of aliphatic hydroxyl groups excluding tert-OH is 3. The second-order valence-electron chi connectivity index (χ2n) is 22.9. The summed E-state index contributed by atoms with van der Waals surface area (Å²) >= 11 is 0. The van der Waals surface area contributed by atoms with Crippen molar-refractivity contribution >= 4 is 17.8 Å². The highest BCUT2D eigenvalue weighted by atomic mass is 16.3. The number of β-amino-alcohol motifs (C(OH)–C–C–N with tert-alkyl or cyclic N) is 3. The molecule has 60 heavy (non-hydrogen) atoms. The number of nitrogens with one attached hydrogen (secondary N) is 3. The van der Waals surface area contributed by atoms with E-state index in [-0.39, 0.29) is 53.1 Å². The minimum absolute atomic E-state index is 0.0870. The average Bonchev–Trinajstić information content (AvgIpc) is 3.11. The molecule has 3 fully saturated rings. The molecule has 6 N–H and O–H groups in total. The average molecular weight is 844 g/mol. The largest absolute Gasteiger partial charge is 0.395 e. The molecule has 0 aromatic carbocycles. The third-order valence-corrected chi connectivity index (χ3v) is 14.7. The number of likely N-dealkylation sites (tertiary alicyclic amines) is 3. The monoisotopic (exact) mass is 844 g/mol. The Bertz CT molecular complexity index is 1200. The first kappa shape index (κ1) is 50.8. The molecule has 0 radical (unpaired) electrons. The molecule has 3 aliphatic heterocycles. The van der Waals surface area contributed by atoms with Crippen LogP contribution in [0.3, 0.4) is 0 Å². The molecule has 3 aliphatic rings. The van der Waals surface area contributed by atoms with Crippen molar-refractivity contribution < 1.29 is 15.3 Å². The van der Waals surface area contributed by atoms with Gasteiger partial charge in [-0.15, -0.1) is 0 Å². The molecule has 1 aromatic heterocycles. The van der Waals surface area contributed by atoms with E-state index in [2.05, 4.69) is 114 Å². The van der Waals surface area contributed by atoms with Gasteiger partial charge in [0.15, 0.2) is 0 Å². The lowest BCUT2D eigenvalue weighted by Gasteiger charge is -2.55.